The second-order valence-electron chi connectivity index (χ2n) is 5.32. The fourth-order valence-electron chi connectivity index (χ4n) is 1.83. The van der Waals surface area contributed by atoms with Crippen LogP contribution in [0.4, 0.5) is 0 Å². The van der Waals surface area contributed by atoms with E-state index in [1.54, 1.807) is 0 Å². The number of hydrogen-bond acceptors (Lipinski definition) is 8. The van der Waals surface area contributed by atoms with E-state index in [2.05, 4.69) is 0 Å². The molecule has 0 fully saturated rings. The van der Waals surface area contributed by atoms with Gasteiger partial charge in [0.25, 0.3) is 0 Å². The summed E-state index contributed by atoms with van der Waals surface area (Å²) in [7, 11) is 0. The van der Waals surface area contributed by atoms with Gasteiger partial charge in [0.15, 0.2) is 0 Å². The molecule has 8 nitrogen and oxygen atoms in total. The predicted molar refractivity (Wildman–Crippen MR) is 78.7 cm³/mol. The van der Waals surface area contributed by atoms with Crippen LogP contribution in [0.5, 0.6) is 0 Å². The van der Waals surface area contributed by atoms with Crippen LogP contribution in [0.2, 0.25) is 0 Å². The van der Waals surface area contributed by atoms with E-state index >= 15 is 0 Å². The summed E-state index contributed by atoms with van der Waals surface area (Å²) in [6.45, 7) is 1.20. The number of hydrogen-bond donors (Lipinski definition) is 0. The molecular formula is C16H17O8. The maximum absolute atomic E-state index is 11.5. The van der Waals surface area contributed by atoms with E-state index in [-0.39, 0.29) is 6.42 Å². The average Bonchev–Trinajstić information content (AvgIpc) is 2.35. The molecule has 0 bridgehead atoms. The van der Waals surface area contributed by atoms with Crippen LogP contribution in [-0.4, -0.2) is 46.8 Å². The van der Waals surface area contributed by atoms with Gasteiger partial charge in [0.2, 0.25) is 6.29 Å². The molecular weight excluding hydrogens is 320 g/mol. The molecule has 0 rings (SSSR count). The zero-order chi connectivity index (χ0) is 18.7. The number of carbonyl (C=O) groups is 7. The first-order chi connectivity index (χ1) is 11.1. The van der Waals surface area contributed by atoms with E-state index < -0.39 is 79.0 Å². The van der Waals surface area contributed by atoms with Gasteiger partial charge in [0.05, 0.1) is 44.9 Å². The van der Waals surface area contributed by atoms with E-state index in [0.717, 1.165) is 0 Å². The Morgan fingerprint density at radius 3 is 1.12 bits per heavy atom. The van der Waals surface area contributed by atoms with Crippen LogP contribution in [0.3, 0.4) is 0 Å². The van der Waals surface area contributed by atoms with Gasteiger partial charge in [-0.05, 0) is 6.92 Å². The Morgan fingerprint density at radius 1 is 0.542 bits per heavy atom. The summed E-state index contributed by atoms with van der Waals surface area (Å²) >= 11 is 0. The highest BCUT2D eigenvalue weighted by molar-refractivity contribution is 6.16. The molecule has 0 aliphatic carbocycles. The molecule has 0 aliphatic rings. The summed E-state index contributed by atoms with van der Waals surface area (Å²) in [5.41, 5.74) is 0. The van der Waals surface area contributed by atoms with Crippen molar-refractivity contribution in [1.82, 2.24) is 0 Å². The number of carbonyl (C=O) groups excluding carboxylic acids is 8. The maximum Gasteiger partial charge on any atom is 0.206 e. The summed E-state index contributed by atoms with van der Waals surface area (Å²) < 4.78 is 0. The fraction of sp³-hybridized carbons (Fsp3) is 0.500. The molecule has 0 aliphatic heterocycles. The Hall–Kier alpha value is -2.64. The largest absolute Gasteiger partial charge is 0.300 e. The lowest BCUT2D eigenvalue weighted by molar-refractivity contribution is -0.131. The lowest BCUT2D eigenvalue weighted by Crippen LogP contribution is -2.18. The third-order valence-corrected chi connectivity index (χ3v) is 2.69. The molecule has 0 saturated carbocycles. The first kappa shape index (κ1) is 21.4. The van der Waals surface area contributed by atoms with E-state index in [1.807, 2.05) is 0 Å². The fourth-order valence-corrected chi connectivity index (χ4v) is 1.83. The maximum atomic E-state index is 11.5. The molecule has 24 heavy (non-hydrogen) atoms. The molecule has 0 N–H and O–H groups in total. The van der Waals surface area contributed by atoms with Crippen molar-refractivity contribution in [2.24, 2.45) is 0 Å². The van der Waals surface area contributed by atoms with Crippen molar-refractivity contribution in [3.05, 3.63) is 0 Å². The lowest BCUT2D eigenvalue weighted by Gasteiger charge is -2.01. The van der Waals surface area contributed by atoms with E-state index in [0.29, 0.717) is 0 Å². The van der Waals surface area contributed by atoms with Crippen molar-refractivity contribution in [3.63, 3.8) is 0 Å². The highest BCUT2D eigenvalue weighted by atomic mass is 16.2. The molecule has 0 amide bonds. The van der Waals surface area contributed by atoms with Crippen molar-refractivity contribution in [2.75, 3.05) is 0 Å². The Labute approximate surface area is 138 Å². The first-order valence-corrected chi connectivity index (χ1v) is 7.08. The molecule has 0 unspecified atom stereocenters. The van der Waals surface area contributed by atoms with Crippen LogP contribution in [-0.2, 0) is 38.4 Å². The monoisotopic (exact) mass is 337 g/mol. The smallest absolute Gasteiger partial charge is 0.206 e. The Bertz CT molecular complexity index is 585. The second kappa shape index (κ2) is 11.0. The van der Waals surface area contributed by atoms with Crippen molar-refractivity contribution < 1.29 is 38.4 Å². The molecule has 0 heterocycles. The zero-order valence-corrected chi connectivity index (χ0v) is 13.2. The summed E-state index contributed by atoms with van der Waals surface area (Å²) in [4.78, 5) is 88.8. The highest BCUT2D eigenvalue weighted by Crippen LogP contribution is 2.03. The van der Waals surface area contributed by atoms with Crippen molar-refractivity contribution in [3.8, 4) is 0 Å². The molecule has 0 spiro atoms. The van der Waals surface area contributed by atoms with Gasteiger partial charge in [-0.2, -0.15) is 0 Å². The summed E-state index contributed by atoms with van der Waals surface area (Å²) in [5.74, 6) is -4.61. The summed E-state index contributed by atoms with van der Waals surface area (Å²) in [5, 5.41) is 0. The van der Waals surface area contributed by atoms with Crippen LogP contribution < -0.4 is 0 Å². The van der Waals surface area contributed by atoms with Crippen LogP contribution >= 0.6 is 0 Å². The SMILES string of the molecule is CC(=O)CC(=O)CC(=O)CC(=O)CC(=O)CC(=O)CC(=O)C[C]=O. The van der Waals surface area contributed by atoms with Crippen LogP contribution in [0, 0.1) is 0 Å². The van der Waals surface area contributed by atoms with E-state index in [1.165, 1.54) is 13.2 Å². The topological polar surface area (TPSA) is 137 Å². The quantitative estimate of drug-likeness (QED) is 0.398. The van der Waals surface area contributed by atoms with Crippen LogP contribution in [0.1, 0.15) is 51.9 Å². The summed E-state index contributed by atoms with van der Waals surface area (Å²) in [6.07, 6.45) is -2.69. The highest BCUT2D eigenvalue weighted by Gasteiger charge is 2.19. The minimum atomic E-state index is -0.754. The van der Waals surface area contributed by atoms with E-state index in [9.17, 15) is 38.4 Å². The third-order valence-electron chi connectivity index (χ3n) is 2.69. The van der Waals surface area contributed by atoms with Crippen molar-refractivity contribution >= 4 is 46.8 Å². The molecule has 0 saturated heterocycles. The zero-order valence-electron chi connectivity index (χ0n) is 13.2. The molecule has 0 aromatic heterocycles. The van der Waals surface area contributed by atoms with Gasteiger partial charge in [-0.25, -0.2) is 0 Å². The molecule has 1 radical (unpaired) electrons. The van der Waals surface area contributed by atoms with Gasteiger partial charge >= 0.3 is 0 Å². The standard InChI is InChI=1S/C16H17O8/c1-10(18)4-12(20)6-14(22)8-16(24)9-15(23)7-13(21)5-11(19)2-3-17/h2,4-9H2,1H3. The average molecular weight is 337 g/mol. The van der Waals surface area contributed by atoms with Crippen molar-refractivity contribution in [2.45, 2.75) is 51.9 Å². The van der Waals surface area contributed by atoms with Crippen LogP contribution in [0.25, 0.3) is 0 Å². The number of Topliss-reactive ketones (excluding diaryl/α,β-unsaturated/α-hetero) is 7. The van der Waals surface area contributed by atoms with Gasteiger partial charge in [0.1, 0.15) is 40.5 Å². The van der Waals surface area contributed by atoms with Gasteiger partial charge in [0, 0.05) is 0 Å². The molecule has 129 valence electrons. The third kappa shape index (κ3) is 11.0. The Balaban J connectivity index is 4.20. The van der Waals surface area contributed by atoms with Gasteiger partial charge < -0.3 is 0 Å². The van der Waals surface area contributed by atoms with E-state index in [4.69, 9.17) is 0 Å². The van der Waals surface area contributed by atoms with Crippen molar-refractivity contribution in [1.29, 1.82) is 0 Å². The lowest BCUT2D eigenvalue weighted by atomic mass is 10.0. The molecule has 0 aromatic rings. The predicted octanol–water partition coefficient (Wildman–Crippen LogP) is -0.170. The normalized spacial score (nSPS) is 9.88. The minimum absolute atomic E-state index is 0.389. The molecule has 0 atom stereocenters. The Morgan fingerprint density at radius 2 is 0.833 bits per heavy atom. The molecule has 8 heteroatoms. The van der Waals surface area contributed by atoms with Gasteiger partial charge in [-0.15, -0.1) is 0 Å². The first-order valence-electron chi connectivity index (χ1n) is 7.08. The number of ketones is 7. The number of rotatable bonds is 14. The minimum Gasteiger partial charge on any atom is -0.300 e. The Kier molecular flexibility index (Phi) is 9.77. The van der Waals surface area contributed by atoms with Crippen LogP contribution in [0.15, 0.2) is 0 Å². The van der Waals surface area contributed by atoms with Gasteiger partial charge in [-0.1, -0.05) is 0 Å². The molecule has 0 aromatic carbocycles. The van der Waals surface area contributed by atoms with Gasteiger partial charge in [-0.3, -0.25) is 38.4 Å². The summed E-state index contributed by atoms with van der Waals surface area (Å²) in [6, 6.07) is 0. The second-order valence-corrected chi connectivity index (χ2v) is 5.32.